The molecule has 0 unspecified atom stereocenters. The lowest BCUT2D eigenvalue weighted by Crippen LogP contribution is -2.38. The normalized spacial score (nSPS) is 20.9. The highest BCUT2D eigenvalue weighted by molar-refractivity contribution is 5.95. The van der Waals surface area contributed by atoms with E-state index in [1.807, 2.05) is 6.07 Å². The van der Waals surface area contributed by atoms with Crippen molar-refractivity contribution < 1.29 is 14.3 Å². The van der Waals surface area contributed by atoms with Crippen molar-refractivity contribution in [2.24, 2.45) is 7.05 Å². The van der Waals surface area contributed by atoms with Gasteiger partial charge in [-0.05, 0) is 62.1 Å². The number of fused-ring (bicyclic) bond motifs is 2. The maximum Gasteiger partial charge on any atom is 0.251 e. The van der Waals surface area contributed by atoms with Crippen molar-refractivity contribution in [3.63, 3.8) is 0 Å². The summed E-state index contributed by atoms with van der Waals surface area (Å²) in [5.41, 5.74) is 4.07. The van der Waals surface area contributed by atoms with Crippen LogP contribution >= 0.6 is 0 Å². The topological polar surface area (TPSA) is 65.4 Å². The van der Waals surface area contributed by atoms with Gasteiger partial charge < -0.3 is 19.4 Å². The smallest absolute Gasteiger partial charge is 0.251 e. The molecule has 0 saturated heterocycles. The molecule has 2 aliphatic rings. The highest BCUT2D eigenvalue weighted by Gasteiger charge is 2.28. The fourth-order valence-electron chi connectivity index (χ4n) is 4.69. The van der Waals surface area contributed by atoms with Gasteiger partial charge in [0, 0.05) is 24.6 Å². The van der Waals surface area contributed by atoms with E-state index in [4.69, 9.17) is 14.5 Å². The summed E-state index contributed by atoms with van der Waals surface area (Å²) < 4.78 is 13.4. The van der Waals surface area contributed by atoms with Crippen LogP contribution < -0.4 is 14.8 Å². The van der Waals surface area contributed by atoms with Gasteiger partial charge in [0.05, 0.1) is 11.0 Å². The summed E-state index contributed by atoms with van der Waals surface area (Å²) in [7, 11) is 2.10. The summed E-state index contributed by atoms with van der Waals surface area (Å²) in [6.07, 6.45) is 4.09. The van der Waals surface area contributed by atoms with E-state index in [-0.39, 0.29) is 11.9 Å². The Labute approximate surface area is 176 Å². The number of imidazole rings is 1. The number of ether oxygens (including phenoxy) is 2. The van der Waals surface area contributed by atoms with Crippen LogP contribution in [0.1, 0.15) is 53.3 Å². The molecular formula is C24H27N3O3. The van der Waals surface area contributed by atoms with Crippen LogP contribution in [-0.2, 0) is 7.05 Å². The summed E-state index contributed by atoms with van der Waals surface area (Å²) in [6, 6.07) is 11.9. The molecule has 1 N–H and O–H groups in total. The molecule has 6 heteroatoms. The fourth-order valence-corrected chi connectivity index (χ4v) is 4.69. The molecule has 1 fully saturated rings. The molecule has 1 saturated carbocycles. The minimum atomic E-state index is -0.0572. The summed E-state index contributed by atoms with van der Waals surface area (Å²) in [5, 5.41) is 3.23. The van der Waals surface area contributed by atoms with Gasteiger partial charge in [0.1, 0.15) is 19.0 Å². The molecule has 0 spiro atoms. The maximum absolute atomic E-state index is 12.9. The number of rotatable bonds is 3. The van der Waals surface area contributed by atoms with Crippen molar-refractivity contribution in [2.45, 2.75) is 44.6 Å². The third kappa shape index (κ3) is 3.51. The molecule has 2 heterocycles. The Morgan fingerprint density at radius 1 is 1.10 bits per heavy atom. The quantitative estimate of drug-likeness (QED) is 0.712. The molecule has 1 aromatic heterocycles. The first kappa shape index (κ1) is 19.0. The number of nitrogens with one attached hydrogen (secondary N) is 1. The Morgan fingerprint density at radius 3 is 2.80 bits per heavy atom. The van der Waals surface area contributed by atoms with Gasteiger partial charge in [-0.1, -0.05) is 12.5 Å². The average Bonchev–Trinajstić information content (AvgIpc) is 3.09. The van der Waals surface area contributed by atoms with E-state index in [1.54, 1.807) is 12.1 Å². The highest BCUT2D eigenvalue weighted by Crippen LogP contribution is 2.35. The molecule has 1 aliphatic heterocycles. The molecule has 30 heavy (non-hydrogen) atoms. The number of carbonyl (C=O) groups is 1. The summed E-state index contributed by atoms with van der Waals surface area (Å²) >= 11 is 0. The molecule has 1 amide bonds. The lowest BCUT2D eigenvalue weighted by molar-refractivity contribution is 0.0923. The molecule has 6 nitrogen and oxygen atoms in total. The molecule has 3 aromatic rings. The maximum atomic E-state index is 12.9. The SMILES string of the molecule is Cc1ccc2nc([C@H]3CCC[C@@H](NC(=O)c4ccc5c(c4)OCCO5)C3)n(C)c2c1. The predicted octanol–water partition coefficient (Wildman–Crippen LogP) is 4.11. The van der Waals surface area contributed by atoms with Crippen LogP contribution in [0.2, 0.25) is 0 Å². The first-order chi connectivity index (χ1) is 14.6. The summed E-state index contributed by atoms with van der Waals surface area (Å²) in [6.45, 7) is 3.17. The number of aryl methyl sites for hydroxylation is 2. The van der Waals surface area contributed by atoms with E-state index in [1.165, 1.54) is 11.1 Å². The standard InChI is InChI=1S/C24H27N3O3/c1-15-6-8-19-20(12-15)27(2)23(26-19)16-4-3-5-18(13-16)25-24(28)17-7-9-21-22(14-17)30-11-10-29-21/h6-9,12,14,16,18H,3-5,10-11,13H2,1-2H3,(H,25,28)/t16-,18+/m0/s1. The zero-order valence-electron chi connectivity index (χ0n) is 17.5. The van der Waals surface area contributed by atoms with Crippen LogP contribution in [0.15, 0.2) is 36.4 Å². The van der Waals surface area contributed by atoms with Crippen LogP contribution in [0.3, 0.4) is 0 Å². The zero-order valence-corrected chi connectivity index (χ0v) is 17.5. The number of aromatic nitrogens is 2. The van der Waals surface area contributed by atoms with Gasteiger partial charge in [-0.25, -0.2) is 4.98 Å². The molecule has 0 radical (unpaired) electrons. The molecule has 1 aliphatic carbocycles. The van der Waals surface area contributed by atoms with Gasteiger partial charge in [0.2, 0.25) is 0 Å². The van der Waals surface area contributed by atoms with Gasteiger partial charge in [0.25, 0.3) is 5.91 Å². The number of carbonyl (C=O) groups excluding carboxylic acids is 1. The average molecular weight is 405 g/mol. The van der Waals surface area contributed by atoms with Crippen molar-refractivity contribution in [2.75, 3.05) is 13.2 Å². The number of nitrogens with zero attached hydrogens (tertiary/aromatic N) is 2. The molecule has 2 aromatic carbocycles. The van der Waals surface area contributed by atoms with E-state index in [0.29, 0.717) is 36.2 Å². The Bertz CT molecular complexity index is 1100. The van der Waals surface area contributed by atoms with Crippen molar-refractivity contribution in [1.29, 1.82) is 0 Å². The van der Waals surface area contributed by atoms with E-state index >= 15 is 0 Å². The van der Waals surface area contributed by atoms with E-state index in [0.717, 1.165) is 37.0 Å². The van der Waals surface area contributed by atoms with Gasteiger partial charge in [0.15, 0.2) is 11.5 Å². The largest absolute Gasteiger partial charge is 0.486 e. The highest BCUT2D eigenvalue weighted by atomic mass is 16.6. The fraction of sp³-hybridized carbons (Fsp3) is 0.417. The lowest BCUT2D eigenvalue weighted by atomic mass is 9.85. The van der Waals surface area contributed by atoms with E-state index in [2.05, 4.69) is 42.1 Å². The van der Waals surface area contributed by atoms with Crippen LogP contribution in [0.5, 0.6) is 11.5 Å². The molecule has 2 atom stereocenters. The third-order valence-corrected chi connectivity index (χ3v) is 6.25. The monoisotopic (exact) mass is 405 g/mol. The number of hydrogen-bond donors (Lipinski definition) is 1. The van der Waals surface area contributed by atoms with Crippen LogP contribution in [0.4, 0.5) is 0 Å². The Kier molecular flexibility index (Phi) is 4.85. The van der Waals surface area contributed by atoms with Crippen molar-refractivity contribution in [3.05, 3.63) is 53.3 Å². The number of amides is 1. The number of hydrogen-bond acceptors (Lipinski definition) is 4. The second-order valence-corrected chi connectivity index (χ2v) is 8.41. The number of benzene rings is 2. The van der Waals surface area contributed by atoms with Crippen LogP contribution in [-0.4, -0.2) is 34.7 Å². The second kappa shape index (κ2) is 7.67. The van der Waals surface area contributed by atoms with E-state index in [9.17, 15) is 4.79 Å². The summed E-state index contributed by atoms with van der Waals surface area (Å²) in [4.78, 5) is 17.8. The second-order valence-electron chi connectivity index (χ2n) is 8.41. The Hall–Kier alpha value is -3.02. The third-order valence-electron chi connectivity index (χ3n) is 6.25. The molecular weight excluding hydrogens is 378 g/mol. The van der Waals surface area contributed by atoms with Gasteiger partial charge in [-0.15, -0.1) is 0 Å². The summed E-state index contributed by atoms with van der Waals surface area (Å²) in [5.74, 6) is 2.76. The minimum absolute atomic E-state index is 0.0572. The van der Waals surface area contributed by atoms with Gasteiger partial charge in [-0.3, -0.25) is 4.79 Å². The van der Waals surface area contributed by atoms with Gasteiger partial charge >= 0.3 is 0 Å². The van der Waals surface area contributed by atoms with Crippen molar-refractivity contribution in [3.8, 4) is 11.5 Å². The van der Waals surface area contributed by atoms with Crippen LogP contribution in [0, 0.1) is 6.92 Å². The Morgan fingerprint density at radius 2 is 1.93 bits per heavy atom. The minimum Gasteiger partial charge on any atom is -0.486 e. The lowest BCUT2D eigenvalue weighted by Gasteiger charge is -2.29. The zero-order chi connectivity index (χ0) is 20.7. The Balaban J connectivity index is 1.31. The first-order valence-electron chi connectivity index (χ1n) is 10.7. The first-order valence-corrected chi connectivity index (χ1v) is 10.7. The van der Waals surface area contributed by atoms with Crippen molar-refractivity contribution >= 4 is 16.9 Å². The van der Waals surface area contributed by atoms with Crippen LogP contribution in [0.25, 0.3) is 11.0 Å². The predicted molar refractivity (Wildman–Crippen MR) is 115 cm³/mol. The molecule has 5 rings (SSSR count). The van der Waals surface area contributed by atoms with Gasteiger partial charge in [-0.2, -0.15) is 0 Å². The molecule has 156 valence electrons. The van der Waals surface area contributed by atoms with E-state index < -0.39 is 0 Å². The van der Waals surface area contributed by atoms with Crippen molar-refractivity contribution in [1.82, 2.24) is 14.9 Å². The molecule has 0 bridgehead atoms.